The van der Waals surface area contributed by atoms with Crippen molar-refractivity contribution in [2.75, 3.05) is 38.0 Å². The predicted molar refractivity (Wildman–Crippen MR) is 139 cm³/mol. The minimum Gasteiger partial charge on any atom is -0.366 e. The predicted octanol–water partition coefficient (Wildman–Crippen LogP) is 4.42. The Bertz CT molecular complexity index is 1570. The zero-order chi connectivity index (χ0) is 27.8. The van der Waals surface area contributed by atoms with E-state index in [9.17, 15) is 21.6 Å². The van der Waals surface area contributed by atoms with Crippen LogP contribution in [0.4, 0.5) is 19.0 Å². The Morgan fingerprint density at radius 3 is 2.54 bits per heavy atom. The van der Waals surface area contributed by atoms with Crippen LogP contribution in [0.2, 0.25) is 0 Å². The van der Waals surface area contributed by atoms with Gasteiger partial charge in [-0.3, -0.25) is 4.90 Å². The van der Waals surface area contributed by atoms with Crippen molar-refractivity contribution in [3.63, 3.8) is 0 Å². The number of sulfonamides is 1. The van der Waals surface area contributed by atoms with E-state index >= 15 is 0 Å². The zero-order valence-electron chi connectivity index (χ0n) is 21.3. The smallest absolute Gasteiger partial charge is 0.366 e. The quantitative estimate of drug-likeness (QED) is 0.354. The van der Waals surface area contributed by atoms with Crippen molar-refractivity contribution in [3.8, 4) is 11.3 Å². The summed E-state index contributed by atoms with van der Waals surface area (Å²) in [4.78, 5) is 10.4. The van der Waals surface area contributed by atoms with Gasteiger partial charge in [-0.2, -0.15) is 17.5 Å². The summed E-state index contributed by atoms with van der Waals surface area (Å²) in [5.41, 5.74) is 0.312. The number of hydrogen-bond acceptors (Lipinski definition) is 8. The van der Waals surface area contributed by atoms with Crippen LogP contribution in [0.1, 0.15) is 18.1 Å². The topological polar surface area (TPSA) is 104 Å². The number of nitrogens with zero attached hydrogens (tertiary/aromatic N) is 5. The molecule has 1 aliphatic heterocycles. The van der Waals surface area contributed by atoms with Crippen molar-refractivity contribution in [3.05, 3.63) is 66.1 Å². The lowest BCUT2D eigenvalue weighted by atomic mass is 10.1. The molecule has 9 nitrogen and oxygen atoms in total. The van der Waals surface area contributed by atoms with Gasteiger partial charge in [-0.15, -0.1) is 0 Å². The Morgan fingerprint density at radius 1 is 1.08 bits per heavy atom. The van der Waals surface area contributed by atoms with E-state index in [1.807, 2.05) is 6.92 Å². The highest BCUT2D eigenvalue weighted by Gasteiger charge is 2.34. The SMILES string of the molecule is Cc1ccc(-c2ccno2)cc1S(=O)(=O)N1CCN(CC(C)Nc2ncnc3c(C(F)(F)F)cccc23)CC1. The van der Waals surface area contributed by atoms with Crippen molar-refractivity contribution in [2.45, 2.75) is 31.0 Å². The van der Waals surface area contributed by atoms with Gasteiger partial charge in [-0.1, -0.05) is 23.4 Å². The van der Waals surface area contributed by atoms with Crippen LogP contribution in [0.3, 0.4) is 0 Å². The average Bonchev–Trinajstić information content (AvgIpc) is 3.43. The molecule has 1 unspecified atom stereocenters. The van der Waals surface area contributed by atoms with Gasteiger partial charge < -0.3 is 9.84 Å². The van der Waals surface area contributed by atoms with Gasteiger partial charge in [0, 0.05) is 55.8 Å². The van der Waals surface area contributed by atoms with Crippen LogP contribution >= 0.6 is 0 Å². The van der Waals surface area contributed by atoms with E-state index in [-0.39, 0.29) is 21.8 Å². The first-order valence-corrected chi connectivity index (χ1v) is 13.8. The van der Waals surface area contributed by atoms with Crippen LogP contribution in [0.25, 0.3) is 22.2 Å². The van der Waals surface area contributed by atoms with E-state index in [0.717, 1.165) is 12.4 Å². The highest BCUT2D eigenvalue weighted by atomic mass is 32.2. The first-order chi connectivity index (χ1) is 18.5. The fraction of sp³-hybridized carbons (Fsp3) is 0.346. The molecular formula is C26H27F3N6O3S. The molecule has 0 spiro atoms. The minimum absolute atomic E-state index is 0.156. The number of fused-ring (bicyclic) bond motifs is 1. The first-order valence-electron chi connectivity index (χ1n) is 12.4. The number of aryl methyl sites for hydroxylation is 1. The molecule has 1 saturated heterocycles. The van der Waals surface area contributed by atoms with Gasteiger partial charge in [0.15, 0.2) is 5.76 Å². The molecule has 1 fully saturated rings. The second-order valence-electron chi connectivity index (χ2n) is 9.53. The maximum Gasteiger partial charge on any atom is 0.418 e. The van der Waals surface area contributed by atoms with Gasteiger partial charge >= 0.3 is 6.18 Å². The van der Waals surface area contributed by atoms with Crippen LogP contribution in [-0.2, 0) is 16.2 Å². The third-order valence-corrected chi connectivity index (χ3v) is 8.79. The summed E-state index contributed by atoms with van der Waals surface area (Å²) in [6, 6.07) is 10.6. The first kappa shape index (κ1) is 27.0. The molecule has 206 valence electrons. The number of alkyl halides is 3. The highest BCUT2D eigenvalue weighted by molar-refractivity contribution is 7.89. The van der Waals surface area contributed by atoms with Gasteiger partial charge in [0.1, 0.15) is 12.1 Å². The average molecular weight is 561 g/mol. The van der Waals surface area contributed by atoms with E-state index in [1.165, 1.54) is 16.6 Å². The molecule has 0 saturated carbocycles. The van der Waals surface area contributed by atoms with Crippen molar-refractivity contribution in [1.29, 1.82) is 0 Å². The Balaban J connectivity index is 1.24. The van der Waals surface area contributed by atoms with E-state index in [0.29, 0.717) is 55.4 Å². The normalized spacial score (nSPS) is 16.4. The molecule has 2 aromatic heterocycles. The molecule has 0 aliphatic carbocycles. The number of anilines is 1. The van der Waals surface area contributed by atoms with Crippen molar-refractivity contribution in [1.82, 2.24) is 24.3 Å². The summed E-state index contributed by atoms with van der Waals surface area (Å²) in [6.07, 6.45) is -1.90. The van der Waals surface area contributed by atoms with Gasteiger partial charge in [-0.05, 0) is 37.6 Å². The zero-order valence-corrected chi connectivity index (χ0v) is 22.1. The largest absolute Gasteiger partial charge is 0.418 e. The number of para-hydroxylation sites is 1. The number of rotatable bonds is 7. The molecule has 0 amide bonds. The number of hydrogen-bond donors (Lipinski definition) is 1. The second kappa shape index (κ2) is 10.5. The lowest BCUT2D eigenvalue weighted by Gasteiger charge is -2.35. The van der Waals surface area contributed by atoms with Gasteiger partial charge in [-0.25, -0.2) is 18.4 Å². The third kappa shape index (κ3) is 5.60. The molecule has 5 rings (SSSR count). The monoisotopic (exact) mass is 560 g/mol. The van der Waals surface area contributed by atoms with E-state index < -0.39 is 21.8 Å². The van der Waals surface area contributed by atoms with Crippen LogP contribution in [-0.4, -0.2) is 71.5 Å². The Morgan fingerprint density at radius 2 is 1.85 bits per heavy atom. The highest BCUT2D eigenvalue weighted by Crippen LogP contribution is 2.35. The van der Waals surface area contributed by atoms with Gasteiger partial charge in [0.05, 0.1) is 22.2 Å². The van der Waals surface area contributed by atoms with Crippen molar-refractivity contribution >= 4 is 26.7 Å². The van der Waals surface area contributed by atoms with Gasteiger partial charge in [0.25, 0.3) is 0 Å². The van der Waals surface area contributed by atoms with Crippen LogP contribution in [0, 0.1) is 6.92 Å². The molecule has 1 aliphatic rings. The van der Waals surface area contributed by atoms with Crippen molar-refractivity contribution < 1.29 is 26.1 Å². The summed E-state index contributed by atoms with van der Waals surface area (Å²) in [5, 5.41) is 7.18. The molecule has 1 atom stereocenters. The fourth-order valence-corrected chi connectivity index (χ4v) is 6.46. The Hall–Kier alpha value is -3.55. The number of nitrogens with one attached hydrogen (secondary N) is 1. The number of piperazine rings is 1. The second-order valence-corrected chi connectivity index (χ2v) is 11.4. The maximum absolute atomic E-state index is 13.5. The molecule has 13 heteroatoms. The third-order valence-electron chi connectivity index (χ3n) is 6.74. The summed E-state index contributed by atoms with van der Waals surface area (Å²) < 4.78 is 73.8. The number of aromatic nitrogens is 3. The minimum atomic E-state index is -4.52. The molecule has 2 aromatic carbocycles. The van der Waals surface area contributed by atoms with E-state index in [1.54, 1.807) is 37.3 Å². The van der Waals surface area contributed by atoms with E-state index in [2.05, 4.69) is 25.3 Å². The van der Waals surface area contributed by atoms with E-state index in [4.69, 9.17) is 4.52 Å². The molecule has 0 radical (unpaired) electrons. The maximum atomic E-state index is 13.5. The van der Waals surface area contributed by atoms with Gasteiger partial charge in [0.2, 0.25) is 10.0 Å². The van der Waals surface area contributed by atoms with Crippen LogP contribution in [0.15, 0.2) is 64.4 Å². The Labute approximate surface area is 223 Å². The number of benzene rings is 2. The summed E-state index contributed by atoms with van der Waals surface area (Å²) in [6.45, 7) is 5.86. The number of halogens is 3. The summed E-state index contributed by atoms with van der Waals surface area (Å²) in [5.74, 6) is 0.811. The summed E-state index contributed by atoms with van der Waals surface area (Å²) >= 11 is 0. The Kier molecular flexibility index (Phi) is 7.31. The fourth-order valence-electron chi connectivity index (χ4n) is 4.79. The van der Waals surface area contributed by atoms with Crippen molar-refractivity contribution in [2.24, 2.45) is 0 Å². The molecule has 39 heavy (non-hydrogen) atoms. The molecule has 1 N–H and O–H groups in total. The lowest BCUT2D eigenvalue weighted by Crippen LogP contribution is -2.50. The molecule has 3 heterocycles. The molecular weight excluding hydrogens is 533 g/mol. The molecule has 0 bridgehead atoms. The lowest BCUT2D eigenvalue weighted by molar-refractivity contribution is -0.136. The molecule has 4 aromatic rings. The standard InChI is InChI=1S/C26H27F3N6O3S/c1-17-6-7-19(22-8-9-32-38-22)14-23(17)39(36,37)35-12-10-34(11-13-35)15-18(2)33-25-20-4-3-5-21(26(27,28)29)24(20)30-16-31-25/h3-9,14,16,18H,10-13,15H2,1-2H3,(H,30,31,33). The van der Waals surface area contributed by atoms with Crippen LogP contribution in [0.5, 0.6) is 0 Å². The summed E-state index contributed by atoms with van der Waals surface area (Å²) in [7, 11) is -3.73. The van der Waals surface area contributed by atoms with Crippen LogP contribution < -0.4 is 5.32 Å².